The molecule has 0 spiro atoms. The second-order valence-electron chi connectivity index (χ2n) is 13.4. The second kappa shape index (κ2) is 16.9. The van der Waals surface area contributed by atoms with Gasteiger partial charge in [-0.3, -0.25) is 0 Å². The summed E-state index contributed by atoms with van der Waals surface area (Å²) in [4.78, 5) is 25.9. The van der Waals surface area contributed by atoms with Crippen LogP contribution in [0, 0.1) is 17.8 Å². The molecule has 16 atom stereocenters. The lowest BCUT2D eigenvalue weighted by molar-refractivity contribution is -0.342. The van der Waals surface area contributed by atoms with Crippen LogP contribution in [0.2, 0.25) is 0 Å². The molecule has 50 heavy (non-hydrogen) atoms. The first-order chi connectivity index (χ1) is 23.6. The smallest absolute Gasteiger partial charge is 0.337 e. The van der Waals surface area contributed by atoms with Gasteiger partial charge in [0, 0.05) is 23.3 Å². The Hall–Kier alpha value is -2.52. The largest absolute Gasteiger partial charge is 0.472 e. The number of carbonyl (C=O) groups is 2. The van der Waals surface area contributed by atoms with Crippen molar-refractivity contribution in [2.24, 2.45) is 17.8 Å². The topological polar surface area (TPSA) is 261 Å². The van der Waals surface area contributed by atoms with Crippen LogP contribution in [-0.4, -0.2) is 153 Å². The van der Waals surface area contributed by atoms with Crippen LogP contribution in [0.5, 0.6) is 0 Å². The van der Waals surface area contributed by atoms with E-state index in [1.807, 2.05) is 0 Å². The fourth-order valence-corrected chi connectivity index (χ4v) is 6.76. The van der Waals surface area contributed by atoms with E-state index in [4.69, 9.17) is 33.2 Å². The van der Waals surface area contributed by atoms with Gasteiger partial charge in [-0.15, -0.1) is 6.58 Å². The maximum Gasteiger partial charge on any atom is 0.337 e. The first-order valence-electron chi connectivity index (χ1n) is 16.5. The molecule has 3 aliphatic heterocycles. The Balaban J connectivity index is 1.41. The van der Waals surface area contributed by atoms with Crippen molar-refractivity contribution in [2.45, 2.75) is 119 Å². The number of hydrogen-bond acceptors (Lipinski definition) is 17. The average Bonchev–Trinajstić information content (AvgIpc) is 3.43. The molecule has 0 bridgehead atoms. The van der Waals surface area contributed by atoms with E-state index in [9.17, 15) is 50.4 Å². The highest BCUT2D eigenvalue weighted by Crippen LogP contribution is 2.49. The predicted molar refractivity (Wildman–Crippen MR) is 167 cm³/mol. The van der Waals surface area contributed by atoms with Crippen molar-refractivity contribution in [3.8, 4) is 0 Å². The number of fused-ring (bicyclic) bond motifs is 1. The quantitative estimate of drug-likeness (QED) is 0.0575. The van der Waals surface area contributed by atoms with Crippen LogP contribution in [0.25, 0.3) is 0 Å². The van der Waals surface area contributed by atoms with Crippen molar-refractivity contribution < 1.29 is 83.6 Å². The SMILES string of the molecule is C=C[C@@](C)(CC/C=C(\C)C(=O)O[C@H]1C[C@@H]2C(C(=O)OC)=CO[C@@H](O[C@@H]3O[C@H](CO)[C@@H](O)[C@H](O)[C@H]3O)[C@@H]2[C@H]1C)O[C@@H]1O[C@H](CO)[C@@H](O)[C@H](O)[C@H]1O. The maximum atomic E-state index is 13.3. The monoisotopic (exact) mass is 718 g/mol. The Morgan fingerprint density at radius 2 is 1.52 bits per heavy atom. The molecule has 0 aromatic rings. The predicted octanol–water partition coefficient (Wildman–Crippen LogP) is -2.11. The zero-order valence-corrected chi connectivity index (χ0v) is 28.4. The third kappa shape index (κ3) is 8.40. The summed E-state index contributed by atoms with van der Waals surface area (Å²) in [6.07, 6.45) is -11.8. The number of aliphatic hydroxyl groups is 8. The molecule has 2 saturated heterocycles. The van der Waals surface area contributed by atoms with Crippen LogP contribution in [0.15, 0.2) is 36.1 Å². The Bertz CT molecular complexity index is 1250. The Morgan fingerprint density at radius 1 is 0.940 bits per heavy atom. The van der Waals surface area contributed by atoms with E-state index in [1.54, 1.807) is 26.8 Å². The van der Waals surface area contributed by atoms with Gasteiger partial charge in [0.1, 0.15) is 54.9 Å². The van der Waals surface area contributed by atoms with Gasteiger partial charge in [0.2, 0.25) is 6.29 Å². The molecule has 4 aliphatic rings. The van der Waals surface area contributed by atoms with Crippen LogP contribution in [0.3, 0.4) is 0 Å². The van der Waals surface area contributed by atoms with E-state index in [0.717, 1.165) is 0 Å². The van der Waals surface area contributed by atoms with Crippen LogP contribution >= 0.6 is 0 Å². The van der Waals surface area contributed by atoms with Gasteiger partial charge in [-0.1, -0.05) is 19.1 Å². The molecule has 0 amide bonds. The van der Waals surface area contributed by atoms with E-state index in [2.05, 4.69) is 6.58 Å². The van der Waals surface area contributed by atoms with Crippen LogP contribution in [0.4, 0.5) is 0 Å². The summed E-state index contributed by atoms with van der Waals surface area (Å²) in [5, 5.41) is 80.4. The van der Waals surface area contributed by atoms with Gasteiger partial charge in [0.15, 0.2) is 12.6 Å². The molecule has 4 rings (SSSR count). The van der Waals surface area contributed by atoms with Crippen molar-refractivity contribution in [1.29, 1.82) is 0 Å². The number of ether oxygens (including phenoxy) is 7. The van der Waals surface area contributed by atoms with Gasteiger partial charge < -0.3 is 74.0 Å². The highest BCUT2D eigenvalue weighted by atomic mass is 16.8. The molecular weight excluding hydrogens is 668 g/mol. The molecule has 8 N–H and O–H groups in total. The fourth-order valence-electron chi connectivity index (χ4n) is 6.76. The summed E-state index contributed by atoms with van der Waals surface area (Å²) in [5.41, 5.74) is -0.663. The average molecular weight is 719 g/mol. The van der Waals surface area contributed by atoms with Crippen LogP contribution in [-0.2, 0) is 42.7 Å². The van der Waals surface area contributed by atoms with Crippen molar-refractivity contribution in [3.63, 3.8) is 0 Å². The van der Waals surface area contributed by atoms with Crippen molar-refractivity contribution in [3.05, 3.63) is 36.1 Å². The van der Waals surface area contributed by atoms with E-state index >= 15 is 0 Å². The third-order valence-corrected chi connectivity index (χ3v) is 10.1. The molecule has 3 heterocycles. The molecular formula is C33H50O17. The van der Waals surface area contributed by atoms with Gasteiger partial charge >= 0.3 is 11.9 Å². The van der Waals surface area contributed by atoms with Gasteiger partial charge in [0.05, 0.1) is 37.8 Å². The van der Waals surface area contributed by atoms with Gasteiger partial charge in [-0.25, -0.2) is 9.59 Å². The summed E-state index contributed by atoms with van der Waals surface area (Å²) in [5.74, 6) is -2.92. The van der Waals surface area contributed by atoms with E-state index in [-0.39, 0.29) is 30.4 Å². The van der Waals surface area contributed by atoms with Crippen LogP contribution < -0.4 is 0 Å². The summed E-state index contributed by atoms with van der Waals surface area (Å²) in [6.45, 7) is 7.50. The zero-order chi connectivity index (χ0) is 37.1. The standard InChI is InChI=1S/C33H50O17/c1-6-33(4,50-32-27(41)25(39)23(37)20(12-35)48-32)9-7-8-14(2)28(42)46-18-10-16-17(29(43)44-5)13-45-30(21(16)15(18)3)49-31-26(40)24(38)22(36)19(11-34)47-31/h6,8,13,15-16,18-27,30-32,34-41H,1,7,9-12H2,2-5H3/b14-8+/t15-,16+,18-,19+,20+,21+,22+,23+,24-,25-,26+,27+,30-,31-,32-,33-/m0/s1. The normalized spacial score (nSPS) is 41.6. The number of rotatable bonds is 13. The van der Waals surface area contributed by atoms with E-state index < -0.39 is 122 Å². The van der Waals surface area contributed by atoms with Crippen molar-refractivity contribution in [1.82, 2.24) is 0 Å². The van der Waals surface area contributed by atoms with E-state index in [0.29, 0.717) is 0 Å². The van der Waals surface area contributed by atoms with Crippen molar-refractivity contribution in [2.75, 3.05) is 20.3 Å². The molecule has 284 valence electrons. The third-order valence-electron chi connectivity index (χ3n) is 10.1. The number of aliphatic hydroxyl groups excluding tert-OH is 8. The zero-order valence-electron chi connectivity index (χ0n) is 28.4. The summed E-state index contributed by atoms with van der Waals surface area (Å²) in [7, 11) is 1.21. The minimum atomic E-state index is -1.69. The first kappa shape index (κ1) is 40.3. The maximum absolute atomic E-state index is 13.3. The number of allylic oxidation sites excluding steroid dienone is 1. The molecule has 17 heteroatoms. The lowest BCUT2D eigenvalue weighted by atomic mass is 9.83. The number of esters is 2. The molecule has 1 aliphatic carbocycles. The molecule has 3 fully saturated rings. The highest BCUT2D eigenvalue weighted by Gasteiger charge is 2.55. The second-order valence-corrected chi connectivity index (χ2v) is 13.4. The molecule has 0 radical (unpaired) electrons. The Kier molecular flexibility index (Phi) is 13.6. The molecule has 1 saturated carbocycles. The van der Waals surface area contributed by atoms with Crippen molar-refractivity contribution >= 4 is 11.9 Å². The minimum Gasteiger partial charge on any atom is -0.472 e. The fraction of sp³-hybridized carbons (Fsp3) is 0.758. The summed E-state index contributed by atoms with van der Waals surface area (Å²) < 4.78 is 39.3. The lowest BCUT2D eigenvalue weighted by Crippen LogP contribution is -2.60. The van der Waals surface area contributed by atoms with Crippen LogP contribution in [0.1, 0.15) is 40.0 Å². The Labute approximate surface area is 289 Å². The summed E-state index contributed by atoms with van der Waals surface area (Å²) >= 11 is 0. The molecule has 0 aromatic heterocycles. The lowest BCUT2D eigenvalue weighted by Gasteiger charge is -2.43. The van der Waals surface area contributed by atoms with Gasteiger partial charge in [-0.2, -0.15) is 0 Å². The molecule has 0 unspecified atom stereocenters. The van der Waals surface area contributed by atoms with Gasteiger partial charge in [-0.05, 0) is 33.1 Å². The number of methoxy groups -OCH3 is 1. The Morgan fingerprint density at radius 3 is 2.08 bits per heavy atom. The number of hydrogen-bond donors (Lipinski definition) is 8. The van der Waals surface area contributed by atoms with Gasteiger partial charge in [0.25, 0.3) is 0 Å². The highest BCUT2D eigenvalue weighted by molar-refractivity contribution is 5.89. The number of carbonyl (C=O) groups excluding carboxylic acids is 2. The minimum absolute atomic E-state index is 0.187. The summed E-state index contributed by atoms with van der Waals surface area (Å²) in [6, 6.07) is 0. The van der Waals surface area contributed by atoms with E-state index in [1.165, 1.54) is 19.4 Å². The molecule has 17 nitrogen and oxygen atoms in total. The molecule has 0 aromatic carbocycles. The first-order valence-corrected chi connectivity index (χ1v) is 16.5.